The van der Waals surface area contributed by atoms with Crippen molar-refractivity contribution >= 4 is 0 Å². The van der Waals surface area contributed by atoms with Crippen LogP contribution in [0.15, 0.2) is 24.3 Å². The molecule has 33 heavy (non-hydrogen) atoms. The highest BCUT2D eigenvalue weighted by molar-refractivity contribution is 5.31. The van der Waals surface area contributed by atoms with E-state index in [0.717, 1.165) is 56.1 Å². The Labute approximate surface area is 196 Å². The van der Waals surface area contributed by atoms with Crippen LogP contribution in [0, 0.1) is 29.4 Å². The molecule has 0 aliphatic heterocycles. The van der Waals surface area contributed by atoms with Crippen LogP contribution in [-0.4, -0.2) is 0 Å². The zero-order chi connectivity index (χ0) is 23.8. The first kappa shape index (κ1) is 26.2. The molecule has 186 valence electrons. The molecule has 0 aromatic heterocycles. The molecule has 0 heterocycles. The monoisotopic (exact) mass is 470 g/mol. The molecule has 0 atom stereocenters. The molecule has 1 aromatic rings. The summed E-state index contributed by atoms with van der Waals surface area (Å²) in [5.74, 6) is -0.820. The zero-order valence-corrected chi connectivity index (χ0v) is 19.9. The van der Waals surface area contributed by atoms with Crippen LogP contribution in [0.5, 0.6) is 0 Å². The number of alkyl halides is 3. The molecule has 0 radical (unpaired) electrons. The number of halogens is 5. The van der Waals surface area contributed by atoms with Gasteiger partial charge >= 0.3 is 6.18 Å². The number of hydrogen-bond donors (Lipinski definition) is 0. The van der Waals surface area contributed by atoms with Gasteiger partial charge in [0.05, 0.1) is 0 Å². The molecule has 0 saturated heterocycles. The minimum absolute atomic E-state index is 0.0755. The van der Waals surface area contributed by atoms with Crippen LogP contribution in [0.2, 0.25) is 0 Å². The van der Waals surface area contributed by atoms with E-state index >= 15 is 0 Å². The lowest BCUT2D eigenvalue weighted by Gasteiger charge is -2.28. The number of allylic oxidation sites excluding steroid dienone is 2. The van der Waals surface area contributed by atoms with Gasteiger partial charge in [0.1, 0.15) is 17.2 Å². The maximum atomic E-state index is 13.9. The molecule has 0 unspecified atom stereocenters. The van der Waals surface area contributed by atoms with Crippen molar-refractivity contribution in [1.82, 2.24) is 0 Å². The van der Waals surface area contributed by atoms with E-state index < -0.39 is 23.4 Å². The maximum absolute atomic E-state index is 13.9. The molecule has 0 N–H and O–H groups in total. The first-order valence-electron chi connectivity index (χ1n) is 13.0. The van der Waals surface area contributed by atoms with E-state index in [1.807, 2.05) is 0 Å². The zero-order valence-electron chi connectivity index (χ0n) is 19.9. The molecular formula is C28H39F5. The molecule has 0 amide bonds. The van der Waals surface area contributed by atoms with Crippen molar-refractivity contribution in [3.05, 3.63) is 47.0 Å². The lowest BCUT2D eigenvalue weighted by atomic mass is 9.77. The van der Waals surface area contributed by atoms with Gasteiger partial charge in [0.15, 0.2) is 0 Å². The lowest BCUT2D eigenvalue weighted by Crippen LogP contribution is -2.15. The Kier molecular flexibility index (Phi) is 9.81. The van der Waals surface area contributed by atoms with Gasteiger partial charge in [0, 0.05) is 0 Å². The topological polar surface area (TPSA) is 0 Å². The fourth-order valence-corrected chi connectivity index (χ4v) is 5.86. The van der Waals surface area contributed by atoms with E-state index in [2.05, 4.69) is 19.1 Å². The molecule has 3 rings (SSSR count). The normalized spacial score (nSPS) is 26.7. The Morgan fingerprint density at radius 3 is 1.94 bits per heavy atom. The van der Waals surface area contributed by atoms with Gasteiger partial charge in [0.25, 0.3) is 0 Å². The summed E-state index contributed by atoms with van der Waals surface area (Å²) >= 11 is 0. The summed E-state index contributed by atoms with van der Waals surface area (Å²) in [6, 6.07) is 1.76. The van der Waals surface area contributed by atoms with Crippen LogP contribution in [0.1, 0.15) is 114 Å². The second kappa shape index (κ2) is 12.4. The fraction of sp³-hybridized carbons (Fsp3) is 0.714. The molecule has 1 aromatic carbocycles. The quantitative estimate of drug-likeness (QED) is 0.191. The molecule has 2 fully saturated rings. The Morgan fingerprint density at radius 1 is 0.818 bits per heavy atom. The van der Waals surface area contributed by atoms with Crippen LogP contribution < -0.4 is 0 Å². The van der Waals surface area contributed by atoms with Crippen LogP contribution in [0.4, 0.5) is 22.0 Å². The number of hydrogen-bond acceptors (Lipinski definition) is 0. The second-order valence-electron chi connectivity index (χ2n) is 10.4. The third-order valence-electron chi connectivity index (χ3n) is 7.92. The first-order valence-corrected chi connectivity index (χ1v) is 13.0. The minimum atomic E-state index is -5.01. The summed E-state index contributed by atoms with van der Waals surface area (Å²) in [7, 11) is 0. The summed E-state index contributed by atoms with van der Waals surface area (Å²) in [5, 5.41) is 0. The molecule has 2 aliphatic rings. The van der Waals surface area contributed by atoms with Crippen LogP contribution in [-0.2, 0) is 6.18 Å². The largest absolute Gasteiger partial charge is 0.422 e. The van der Waals surface area contributed by atoms with Gasteiger partial charge in [-0.1, -0.05) is 70.4 Å². The molecule has 5 heteroatoms. The molecule has 2 saturated carbocycles. The molecule has 0 bridgehead atoms. The smallest absolute Gasteiger partial charge is 0.206 e. The number of unbranched alkanes of at least 4 members (excludes halogenated alkanes) is 2. The van der Waals surface area contributed by atoms with E-state index in [4.69, 9.17) is 0 Å². The van der Waals surface area contributed by atoms with Crippen molar-refractivity contribution in [3.8, 4) is 0 Å². The lowest BCUT2D eigenvalue weighted by molar-refractivity contribution is -0.142. The third-order valence-corrected chi connectivity index (χ3v) is 7.92. The van der Waals surface area contributed by atoms with Gasteiger partial charge in [0.2, 0.25) is 0 Å². The van der Waals surface area contributed by atoms with Gasteiger partial charge in [-0.2, -0.15) is 13.2 Å². The summed E-state index contributed by atoms with van der Waals surface area (Å²) in [6.07, 6.45) is 16.3. The average molecular weight is 471 g/mol. The Bertz CT molecular complexity index is 727. The highest BCUT2D eigenvalue weighted by atomic mass is 19.4. The van der Waals surface area contributed by atoms with Crippen molar-refractivity contribution in [3.63, 3.8) is 0 Å². The summed E-state index contributed by atoms with van der Waals surface area (Å²) in [6.45, 7) is 2.26. The van der Waals surface area contributed by atoms with E-state index in [0.29, 0.717) is 11.5 Å². The van der Waals surface area contributed by atoms with E-state index in [-0.39, 0.29) is 5.92 Å². The number of rotatable bonds is 9. The summed E-state index contributed by atoms with van der Waals surface area (Å²) < 4.78 is 66.2. The van der Waals surface area contributed by atoms with E-state index in [1.54, 1.807) is 0 Å². The average Bonchev–Trinajstić information content (AvgIpc) is 2.77. The van der Waals surface area contributed by atoms with Crippen molar-refractivity contribution in [2.24, 2.45) is 17.8 Å². The predicted octanol–water partition coefficient (Wildman–Crippen LogP) is 9.98. The van der Waals surface area contributed by atoms with E-state index in [1.165, 1.54) is 57.8 Å². The van der Waals surface area contributed by atoms with Gasteiger partial charge in [-0.3, -0.25) is 0 Å². The van der Waals surface area contributed by atoms with Gasteiger partial charge in [-0.05, 0) is 79.9 Å². The van der Waals surface area contributed by atoms with Gasteiger partial charge < -0.3 is 0 Å². The predicted molar refractivity (Wildman–Crippen MR) is 124 cm³/mol. The first-order chi connectivity index (χ1) is 15.8. The Morgan fingerprint density at radius 2 is 1.39 bits per heavy atom. The summed E-state index contributed by atoms with van der Waals surface area (Å²) in [5.41, 5.74) is -1.43. The van der Waals surface area contributed by atoms with E-state index in [9.17, 15) is 22.0 Å². The second-order valence-corrected chi connectivity index (χ2v) is 10.4. The maximum Gasteiger partial charge on any atom is 0.422 e. The van der Waals surface area contributed by atoms with Crippen molar-refractivity contribution in [2.45, 2.75) is 109 Å². The standard InChI is InChI=1S/C28H39F5/c1-2-3-4-7-20-10-12-21(13-11-20)8-5-6-9-22-14-16-23(17-15-22)24-18-25(29)27(26(30)19-24)28(31,32)33/h6,9,18-23H,2-5,7-8,10-17H2,1H3/b9-6+. The van der Waals surface area contributed by atoms with Crippen LogP contribution in [0.3, 0.4) is 0 Å². The van der Waals surface area contributed by atoms with Gasteiger partial charge in [-0.15, -0.1) is 0 Å². The Balaban J connectivity index is 1.37. The molecular weight excluding hydrogens is 431 g/mol. The van der Waals surface area contributed by atoms with Crippen LogP contribution >= 0.6 is 0 Å². The van der Waals surface area contributed by atoms with Gasteiger partial charge in [-0.25, -0.2) is 8.78 Å². The highest BCUT2D eigenvalue weighted by Crippen LogP contribution is 2.40. The summed E-state index contributed by atoms with van der Waals surface area (Å²) in [4.78, 5) is 0. The SMILES string of the molecule is CCCCCC1CCC(CC/C=C/C2CCC(c3cc(F)c(C(F)(F)F)c(F)c3)CC2)CC1. The van der Waals surface area contributed by atoms with Crippen molar-refractivity contribution < 1.29 is 22.0 Å². The number of benzene rings is 1. The van der Waals surface area contributed by atoms with Crippen molar-refractivity contribution in [2.75, 3.05) is 0 Å². The minimum Gasteiger partial charge on any atom is -0.206 e. The molecule has 0 spiro atoms. The third kappa shape index (κ3) is 7.82. The molecule has 2 aliphatic carbocycles. The van der Waals surface area contributed by atoms with Crippen LogP contribution in [0.25, 0.3) is 0 Å². The fourth-order valence-electron chi connectivity index (χ4n) is 5.86. The molecule has 0 nitrogen and oxygen atoms in total. The highest BCUT2D eigenvalue weighted by Gasteiger charge is 2.38. The Hall–Kier alpha value is -1.39. The van der Waals surface area contributed by atoms with Crippen molar-refractivity contribution in [1.29, 1.82) is 0 Å².